The van der Waals surface area contributed by atoms with E-state index in [1.807, 2.05) is 50.2 Å². The predicted molar refractivity (Wildman–Crippen MR) is 107 cm³/mol. The molecule has 1 aliphatic rings. The lowest BCUT2D eigenvalue weighted by molar-refractivity contribution is -0.126. The maximum absolute atomic E-state index is 13.0. The third-order valence-corrected chi connectivity index (χ3v) is 4.99. The van der Waals surface area contributed by atoms with Gasteiger partial charge in [0.2, 0.25) is 5.91 Å². The number of aryl methyl sites for hydroxylation is 1. The number of carbonyl (C=O) groups excluding carboxylic acids is 2. The van der Waals surface area contributed by atoms with Crippen LogP contribution in [0.25, 0.3) is 11.3 Å². The van der Waals surface area contributed by atoms with Crippen molar-refractivity contribution in [2.75, 3.05) is 33.7 Å². The van der Waals surface area contributed by atoms with Gasteiger partial charge in [-0.2, -0.15) is 0 Å². The second-order valence-electron chi connectivity index (χ2n) is 7.55. The number of hydrogen-bond donors (Lipinski definition) is 1. The largest absolute Gasteiger partial charge is 0.355 e. The Hall–Kier alpha value is -2.67. The van der Waals surface area contributed by atoms with Crippen LogP contribution < -0.4 is 5.32 Å². The van der Waals surface area contributed by atoms with E-state index >= 15 is 0 Å². The van der Waals surface area contributed by atoms with Gasteiger partial charge in [-0.05, 0) is 40.3 Å². The van der Waals surface area contributed by atoms with Crippen LogP contribution in [0, 0.1) is 6.92 Å². The number of amides is 2. The summed E-state index contributed by atoms with van der Waals surface area (Å²) in [6.07, 6.45) is 2.49. The molecule has 0 radical (unpaired) electrons. The summed E-state index contributed by atoms with van der Waals surface area (Å²) in [6.45, 7) is 3.89. The maximum Gasteiger partial charge on any atom is 0.276 e. The van der Waals surface area contributed by atoms with E-state index in [9.17, 15) is 9.59 Å². The molecule has 7 heteroatoms. The Kier molecular flexibility index (Phi) is 6.46. The van der Waals surface area contributed by atoms with Crippen molar-refractivity contribution in [3.8, 4) is 11.3 Å². The second-order valence-corrected chi connectivity index (χ2v) is 7.55. The molecule has 1 aromatic heterocycles. The van der Waals surface area contributed by atoms with E-state index in [2.05, 4.69) is 10.5 Å². The van der Waals surface area contributed by atoms with Gasteiger partial charge in [0.05, 0.1) is 0 Å². The SMILES string of the molecule is Cc1ccc(-c2cc(C(=O)N3CCCC[C@H]3C(=O)NCCN(C)C)no2)cc1. The summed E-state index contributed by atoms with van der Waals surface area (Å²) in [7, 11) is 3.91. The van der Waals surface area contributed by atoms with E-state index in [-0.39, 0.29) is 17.5 Å². The number of likely N-dealkylation sites (tertiary alicyclic amines) is 1. The lowest BCUT2D eigenvalue weighted by Crippen LogP contribution is -2.52. The molecule has 28 heavy (non-hydrogen) atoms. The first kappa shape index (κ1) is 20.1. The molecule has 0 unspecified atom stereocenters. The molecule has 1 atom stereocenters. The molecule has 1 saturated heterocycles. The van der Waals surface area contributed by atoms with E-state index in [4.69, 9.17) is 4.52 Å². The number of nitrogens with one attached hydrogen (secondary N) is 1. The third-order valence-electron chi connectivity index (χ3n) is 4.99. The van der Waals surface area contributed by atoms with Gasteiger partial charge in [-0.25, -0.2) is 0 Å². The van der Waals surface area contributed by atoms with Crippen molar-refractivity contribution < 1.29 is 14.1 Å². The number of carbonyl (C=O) groups is 2. The Morgan fingerprint density at radius 1 is 1.25 bits per heavy atom. The fourth-order valence-electron chi connectivity index (χ4n) is 3.34. The molecule has 0 saturated carbocycles. The lowest BCUT2D eigenvalue weighted by Gasteiger charge is -2.34. The average molecular weight is 384 g/mol. The van der Waals surface area contributed by atoms with Crippen LogP contribution in [0.3, 0.4) is 0 Å². The number of nitrogens with zero attached hydrogens (tertiary/aromatic N) is 3. The van der Waals surface area contributed by atoms with Crippen LogP contribution in [0.15, 0.2) is 34.9 Å². The monoisotopic (exact) mass is 384 g/mol. The zero-order valence-corrected chi connectivity index (χ0v) is 16.8. The molecule has 0 aliphatic carbocycles. The first-order chi connectivity index (χ1) is 13.5. The number of rotatable bonds is 6. The molecule has 0 bridgehead atoms. The Morgan fingerprint density at radius 2 is 2.00 bits per heavy atom. The first-order valence-corrected chi connectivity index (χ1v) is 9.73. The minimum absolute atomic E-state index is 0.0999. The Labute approximate surface area is 165 Å². The van der Waals surface area contributed by atoms with Crippen LogP contribution in [0.4, 0.5) is 0 Å². The van der Waals surface area contributed by atoms with Crippen molar-refractivity contribution in [3.05, 3.63) is 41.6 Å². The molecule has 1 fully saturated rings. The molecule has 150 valence electrons. The molecular weight excluding hydrogens is 356 g/mol. The molecule has 2 aromatic rings. The van der Waals surface area contributed by atoms with E-state index in [1.54, 1.807) is 11.0 Å². The Bertz CT molecular complexity index is 813. The highest BCUT2D eigenvalue weighted by Gasteiger charge is 2.33. The van der Waals surface area contributed by atoms with Crippen LogP contribution in [0.5, 0.6) is 0 Å². The first-order valence-electron chi connectivity index (χ1n) is 9.73. The van der Waals surface area contributed by atoms with Gasteiger partial charge in [0.15, 0.2) is 11.5 Å². The highest BCUT2D eigenvalue weighted by atomic mass is 16.5. The molecule has 1 aromatic carbocycles. The van der Waals surface area contributed by atoms with Crippen molar-refractivity contribution in [2.24, 2.45) is 0 Å². The van der Waals surface area contributed by atoms with Gasteiger partial charge >= 0.3 is 0 Å². The van der Waals surface area contributed by atoms with Gasteiger partial charge in [0.25, 0.3) is 5.91 Å². The normalized spacial score (nSPS) is 17.0. The predicted octanol–water partition coefficient (Wildman–Crippen LogP) is 2.32. The molecule has 7 nitrogen and oxygen atoms in total. The second kappa shape index (κ2) is 9.01. The van der Waals surface area contributed by atoms with Crippen molar-refractivity contribution in [1.29, 1.82) is 0 Å². The smallest absolute Gasteiger partial charge is 0.276 e. The van der Waals surface area contributed by atoms with Crippen LogP contribution in [-0.2, 0) is 4.79 Å². The number of piperidine rings is 1. The minimum Gasteiger partial charge on any atom is -0.355 e. The molecule has 1 aliphatic heterocycles. The van der Waals surface area contributed by atoms with Crippen molar-refractivity contribution in [3.63, 3.8) is 0 Å². The zero-order valence-electron chi connectivity index (χ0n) is 16.8. The minimum atomic E-state index is -0.456. The summed E-state index contributed by atoms with van der Waals surface area (Å²) >= 11 is 0. The van der Waals surface area contributed by atoms with E-state index in [0.29, 0.717) is 25.3 Å². The fraction of sp³-hybridized carbons (Fsp3) is 0.476. The zero-order chi connectivity index (χ0) is 20.1. The fourth-order valence-corrected chi connectivity index (χ4v) is 3.34. The standard InChI is InChI=1S/C21H28N4O3/c1-15-7-9-16(10-8-15)19-14-17(23-28-19)21(27)25-12-5-4-6-18(25)20(26)22-11-13-24(2)3/h7-10,14,18H,4-6,11-13H2,1-3H3,(H,22,26)/t18-/m0/s1. The summed E-state index contributed by atoms with van der Waals surface area (Å²) in [4.78, 5) is 29.3. The summed E-state index contributed by atoms with van der Waals surface area (Å²) in [5.41, 5.74) is 2.26. The summed E-state index contributed by atoms with van der Waals surface area (Å²) < 4.78 is 5.39. The van der Waals surface area contributed by atoms with Crippen LogP contribution in [-0.4, -0.2) is 66.5 Å². The molecule has 2 amide bonds. The molecular formula is C21H28N4O3. The van der Waals surface area contributed by atoms with Crippen LogP contribution >= 0.6 is 0 Å². The summed E-state index contributed by atoms with van der Waals surface area (Å²) in [5, 5.41) is 6.90. The average Bonchev–Trinajstić information content (AvgIpc) is 3.18. The number of benzene rings is 1. The number of aromatic nitrogens is 1. The van der Waals surface area contributed by atoms with Gasteiger partial charge in [-0.3, -0.25) is 9.59 Å². The van der Waals surface area contributed by atoms with E-state index in [0.717, 1.165) is 30.5 Å². The Morgan fingerprint density at radius 3 is 2.71 bits per heavy atom. The summed E-state index contributed by atoms with van der Waals surface area (Å²) in [6, 6.07) is 9.04. The van der Waals surface area contributed by atoms with Crippen molar-refractivity contribution in [2.45, 2.75) is 32.2 Å². The molecule has 1 N–H and O–H groups in total. The maximum atomic E-state index is 13.0. The Balaban J connectivity index is 1.70. The topological polar surface area (TPSA) is 78.7 Å². The van der Waals surface area contributed by atoms with Crippen molar-refractivity contribution in [1.82, 2.24) is 20.3 Å². The molecule has 0 spiro atoms. The quantitative estimate of drug-likeness (QED) is 0.827. The van der Waals surface area contributed by atoms with Crippen LogP contribution in [0.1, 0.15) is 35.3 Å². The lowest BCUT2D eigenvalue weighted by atomic mass is 10.0. The van der Waals surface area contributed by atoms with Gasteiger partial charge < -0.3 is 19.6 Å². The number of likely N-dealkylation sites (N-methyl/N-ethyl adjacent to an activating group) is 1. The van der Waals surface area contributed by atoms with Gasteiger partial charge in [0, 0.05) is 31.3 Å². The van der Waals surface area contributed by atoms with Crippen molar-refractivity contribution >= 4 is 11.8 Å². The van der Waals surface area contributed by atoms with Gasteiger partial charge in [-0.15, -0.1) is 0 Å². The number of hydrogen-bond acceptors (Lipinski definition) is 5. The van der Waals surface area contributed by atoms with Gasteiger partial charge in [-0.1, -0.05) is 35.0 Å². The summed E-state index contributed by atoms with van der Waals surface area (Å²) in [5.74, 6) is 0.194. The highest BCUT2D eigenvalue weighted by Crippen LogP contribution is 2.24. The van der Waals surface area contributed by atoms with E-state index < -0.39 is 6.04 Å². The van der Waals surface area contributed by atoms with E-state index in [1.165, 1.54) is 0 Å². The molecule has 3 rings (SSSR count). The van der Waals surface area contributed by atoms with Gasteiger partial charge in [0.1, 0.15) is 6.04 Å². The highest BCUT2D eigenvalue weighted by molar-refractivity contribution is 5.96. The third kappa shape index (κ3) is 4.78. The van der Waals surface area contributed by atoms with Crippen LogP contribution in [0.2, 0.25) is 0 Å². The molecule has 2 heterocycles.